The van der Waals surface area contributed by atoms with Crippen molar-refractivity contribution in [3.63, 3.8) is 0 Å². The van der Waals surface area contributed by atoms with Crippen LogP contribution in [0.15, 0.2) is 18.2 Å². The van der Waals surface area contributed by atoms with E-state index in [1.165, 1.54) is 0 Å². The van der Waals surface area contributed by atoms with Crippen molar-refractivity contribution in [2.45, 2.75) is 6.92 Å². The van der Waals surface area contributed by atoms with Crippen molar-refractivity contribution in [1.82, 2.24) is 9.55 Å². The highest BCUT2D eigenvalue weighted by atomic mass is 16.6. The van der Waals surface area contributed by atoms with E-state index in [0.717, 1.165) is 17.1 Å². The molecule has 1 aromatic carbocycles. The molecule has 1 aliphatic rings. The minimum absolute atomic E-state index is 0.544. The zero-order chi connectivity index (χ0) is 13.4. The van der Waals surface area contributed by atoms with E-state index in [-0.39, 0.29) is 0 Å². The SMILES string of the molecule is Cc1nc(-c2ccc3c(c2)OCCO3)c(C#N)n1C. The average Bonchev–Trinajstić information content (AvgIpc) is 2.74. The van der Waals surface area contributed by atoms with E-state index in [0.29, 0.717) is 30.4 Å². The number of benzene rings is 1. The molecule has 0 spiro atoms. The minimum atomic E-state index is 0.544. The van der Waals surface area contributed by atoms with Gasteiger partial charge >= 0.3 is 0 Å². The second kappa shape index (κ2) is 4.32. The van der Waals surface area contributed by atoms with Crippen LogP contribution in [0.5, 0.6) is 11.5 Å². The topological polar surface area (TPSA) is 60.1 Å². The number of aromatic nitrogens is 2. The highest BCUT2D eigenvalue weighted by Crippen LogP contribution is 2.35. The molecule has 1 aliphatic heterocycles. The van der Waals surface area contributed by atoms with Crippen molar-refractivity contribution < 1.29 is 9.47 Å². The normalized spacial score (nSPS) is 13.1. The lowest BCUT2D eigenvalue weighted by atomic mass is 10.1. The first-order chi connectivity index (χ1) is 9.20. The van der Waals surface area contributed by atoms with Crippen molar-refractivity contribution in [3.8, 4) is 28.8 Å². The third kappa shape index (κ3) is 1.82. The van der Waals surface area contributed by atoms with Gasteiger partial charge in [-0.05, 0) is 25.1 Å². The fourth-order valence-corrected chi connectivity index (χ4v) is 2.13. The Hall–Kier alpha value is -2.48. The van der Waals surface area contributed by atoms with Gasteiger partial charge in [-0.2, -0.15) is 5.26 Å². The van der Waals surface area contributed by atoms with Crippen LogP contribution in [0.25, 0.3) is 11.3 Å². The van der Waals surface area contributed by atoms with E-state index in [2.05, 4.69) is 11.1 Å². The Labute approximate surface area is 111 Å². The lowest BCUT2D eigenvalue weighted by Crippen LogP contribution is -2.15. The van der Waals surface area contributed by atoms with E-state index < -0.39 is 0 Å². The number of ether oxygens (including phenoxy) is 2. The number of hydrogen-bond acceptors (Lipinski definition) is 4. The molecule has 0 bridgehead atoms. The van der Waals surface area contributed by atoms with Crippen molar-refractivity contribution in [2.24, 2.45) is 7.05 Å². The summed E-state index contributed by atoms with van der Waals surface area (Å²) < 4.78 is 12.8. The van der Waals surface area contributed by atoms with Gasteiger partial charge in [0.1, 0.15) is 36.5 Å². The molecule has 19 heavy (non-hydrogen) atoms. The summed E-state index contributed by atoms with van der Waals surface area (Å²) in [5.41, 5.74) is 2.10. The van der Waals surface area contributed by atoms with Gasteiger partial charge in [-0.15, -0.1) is 0 Å². The number of fused-ring (bicyclic) bond motifs is 1. The predicted molar refractivity (Wildman–Crippen MR) is 69.1 cm³/mol. The smallest absolute Gasteiger partial charge is 0.162 e. The maximum absolute atomic E-state index is 9.25. The molecule has 3 rings (SSSR count). The summed E-state index contributed by atoms with van der Waals surface area (Å²) >= 11 is 0. The third-order valence-electron chi connectivity index (χ3n) is 3.24. The molecule has 0 atom stereocenters. The molecule has 0 saturated heterocycles. The zero-order valence-electron chi connectivity index (χ0n) is 10.8. The Morgan fingerprint density at radius 1 is 1.26 bits per heavy atom. The number of aryl methyl sites for hydroxylation is 1. The lowest BCUT2D eigenvalue weighted by molar-refractivity contribution is 0.171. The third-order valence-corrected chi connectivity index (χ3v) is 3.24. The average molecular weight is 255 g/mol. The monoisotopic (exact) mass is 255 g/mol. The summed E-state index contributed by atoms with van der Waals surface area (Å²) in [5.74, 6) is 2.25. The van der Waals surface area contributed by atoms with Crippen LogP contribution in [0.3, 0.4) is 0 Å². The number of nitriles is 1. The Bertz CT molecular complexity index is 683. The van der Waals surface area contributed by atoms with Crippen LogP contribution >= 0.6 is 0 Å². The van der Waals surface area contributed by atoms with Crippen molar-refractivity contribution in [2.75, 3.05) is 13.2 Å². The Morgan fingerprint density at radius 2 is 2.00 bits per heavy atom. The molecule has 1 aromatic heterocycles. The number of hydrogen-bond donors (Lipinski definition) is 0. The number of rotatable bonds is 1. The Morgan fingerprint density at radius 3 is 2.74 bits per heavy atom. The zero-order valence-corrected chi connectivity index (χ0v) is 10.8. The lowest BCUT2D eigenvalue weighted by Gasteiger charge is -2.18. The van der Waals surface area contributed by atoms with E-state index in [1.54, 1.807) is 4.57 Å². The van der Waals surface area contributed by atoms with Crippen LogP contribution in [-0.2, 0) is 7.05 Å². The molecule has 5 nitrogen and oxygen atoms in total. The summed E-state index contributed by atoms with van der Waals surface area (Å²) in [6.07, 6.45) is 0. The van der Waals surface area contributed by atoms with Crippen LogP contribution < -0.4 is 9.47 Å². The molecule has 2 heterocycles. The molecular weight excluding hydrogens is 242 g/mol. The summed E-state index contributed by atoms with van der Waals surface area (Å²) in [4.78, 5) is 4.44. The van der Waals surface area contributed by atoms with Gasteiger partial charge in [0.2, 0.25) is 0 Å². The highest BCUT2D eigenvalue weighted by Gasteiger charge is 2.17. The molecule has 96 valence electrons. The molecule has 0 radical (unpaired) electrons. The molecule has 0 aliphatic carbocycles. The molecule has 5 heteroatoms. The number of imidazole rings is 1. The fraction of sp³-hybridized carbons (Fsp3) is 0.286. The summed E-state index contributed by atoms with van der Waals surface area (Å²) in [7, 11) is 1.84. The first-order valence-electron chi connectivity index (χ1n) is 6.04. The van der Waals surface area contributed by atoms with Crippen LogP contribution in [-0.4, -0.2) is 22.8 Å². The van der Waals surface area contributed by atoms with Gasteiger partial charge in [-0.25, -0.2) is 4.98 Å². The molecular formula is C14H13N3O2. The molecule has 0 N–H and O–H groups in total. The second-order valence-corrected chi connectivity index (χ2v) is 4.39. The molecule has 0 saturated carbocycles. The Kier molecular flexibility index (Phi) is 2.64. The minimum Gasteiger partial charge on any atom is -0.486 e. The van der Waals surface area contributed by atoms with Gasteiger partial charge < -0.3 is 14.0 Å². The Balaban J connectivity index is 2.13. The first-order valence-corrected chi connectivity index (χ1v) is 6.04. The molecule has 0 amide bonds. The maximum Gasteiger partial charge on any atom is 0.162 e. The summed E-state index contributed by atoms with van der Waals surface area (Å²) in [6.45, 7) is 2.99. The van der Waals surface area contributed by atoms with E-state index in [9.17, 15) is 5.26 Å². The van der Waals surface area contributed by atoms with Gasteiger partial charge in [-0.3, -0.25) is 0 Å². The second-order valence-electron chi connectivity index (χ2n) is 4.39. The van der Waals surface area contributed by atoms with Gasteiger partial charge in [-0.1, -0.05) is 0 Å². The van der Waals surface area contributed by atoms with Crippen LogP contribution in [0.1, 0.15) is 11.5 Å². The van der Waals surface area contributed by atoms with Gasteiger partial charge in [0.25, 0.3) is 0 Å². The standard InChI is InChI=1S/C14H13N3O2/c1-9-16-14(11(8-15)17(9)2)10-3-4-12-13(7-10)19-6-5-18-12/h3-4,7H,5-6H2,1-2H3. The molecule has 0 fully saturated rings. The summed E-state index contributed by atoms with van der Waals surface area (Å²) in [6, 6.07) is 7.82. The van der Waals surface area contributed by atoms with Gasteiger partial charge in [0.05, 0.1) is 0 Å². The maximum atomic E-state index is 9.25. The molecule has 0 unspecified atom stereocenters. The van der Waals surface area contributed by atoms with E-state index in [1.807, 2.05) is 32.2 Å². The van der Waals surface area contributed by atoms with Crippen molar-refractivity contribution >= 4 is 0 Å². The van der Waals surface area contributed by atoms with Gasteiger partial charge in [0, 0.05) is 12.6 Å². The van der Waals surface area contributed by atoms with Crippen LogP contribution in [0, 0.1) is 18.3 Å². The van der Waals surface area contributed by atoms with E-state index >= 15 is 0 Å². The van der Waals surface area contributed by atoms with Crippen molar-refractivity contribution in [3.05, 3.63) is 29.7 Å². The van der Waals surface area contributed by atoms with Crippen LogP contribution in [0.2, 0.25) is 0 Å². The van der Waals surface area contributed by atoms with Crippen molar-refractivity contribution in [1.29, 1.82) is 5.26 Å². The number of nitrogens with zero attached hydrogens (tertiary/aromatic N) is 3. The van der Waals surface area contributed by atoms with Crippen LogP contribution in [0.4, 0.5) is 0 Å². The predicted octanol–water partition coefficient (Wildman–Crippen LogP) is 2.04. The van der Waals surface area contributed by atoms with E-state index in [4.69, 9.17) is 9.47 Å². The largest absolute Gasteiger partial charge is 0.486 e. The summed E-state index contributed by atoms with van der Waals surface area (Å²) in [5, 5.41) is 9.25. The quantitative estimate of drug-likeness (QED) is 0.782. The molecule has 2 aromatic rings. The first kappa shape index (κ1) is 11.6. The van der Waals surface area contributed by atoms with Gasteiger partial charge in [0.15, 0.2) is 11.5 Å². The fourth-order valence-electron chi connectivity index (χ4n) is 2.13. The highest BCUT2D eigenvalue weighted by molar-refractivity contribution is 5.69.